The second kappa shape index (κ2) is 36.1. The third-order valence-corrected chi connectivity index (χ3v) is 11.4. The van der Waals surface area contributed by atoms with Crippen LogP contribution in [0.4, 0.5) is 9.59 Å². The van der Waals surface area contributed by atoms with Gasteiger partial charge in [-0.2, -0.15) is 0 Å². The van der Waals surface area contributed by atoms with Gasteiger partial charge in [-0.1, -0.05) is 0 Å². The fourth-order valence-electron chi connectivity index (χ4n) is 5.31. The molecule has 14 nitrogen and oxygen atoms in total. The fourth-order valence-corrected chi connectivity index (χ4v) is 7.82. The number of hydrogen-bond donors (Lipinski definition) is 4. The summed E-state index contributed by atoms with van der Waals surface area (Å²) in [7, 11) is -4.13. The first kappa shape index (κ1) is 48.8. The van der Waals surface area contributed by atoms with Crippen LogP contribution in [0.1, 0.15) is 148 Å². The van der Waals surface area contributed by atoms with Crippen molar-refractivity contribution in [2.75, 3.05) is 38.9 Å². The Balaban J connectivity index is 5.49. The van der Waals surface area contributed by atoms with E-state index in [1.54, 1.807) is 0 Å². The summed E-state index contributed by atoms with van der Waals surface area (Å²) < 4.78 is 11.9. The van der Waals surface area contributed by atoms with E-state index in [2.05, 4.69) is 21.3 Å². The molecule has 0 aliphatic heterocycles. The molecule has 0 saturated heterocycles. The van der Waals surface area contributed by atoms with Crippen LogP contribution in [0.2, 0.25) is 0 Å². The van der Waals surface area contributed by atoms with Gasteiger partial charge in [0.2, 0.25) is 0 Å². The van der Waals surface area contributed by atoms with Gasteiger partial charge in [-0.25, -0.2) is 0 Å². The average Bonchev–Trinajstić information content (AvgIpc) is 3.13. The summed E-state index contributed by atoms with van der Waals surface area (Å²) in [5, 5.41) is 11.2. The Bertz CT molecular complexity index is 1000. The van der Waals surface area contributed by atoms with Crippen LogP contribution in [0.25, 0.3) is 0 Å². The van der Waals surface area contributed by atoms with Crippen LogP contribution in [0, 0.1) is 0 Å². The first-order valence-electron chi connectivity index (χ1n) is 19.5. The van der Waals surface area contributed by atoms with Crippen molar-refractivity contribution in [3.63, 3.8) is 0 Å². The molecule has 15 heteroatoms. The quantitative estimate of drug-likeness (QED) is 0.0328. The van der Waals surface area contributed by atoms with Crippen LogP contribution >= 0.6 is 7.72 Å². The zero-order valence-corrected chi connectivity index (χ0v) is 32.4. The van der Waals surface area contributed by atoms with Crippen molar-refractivity contribution < 1.29 is 47.4 Å². The van der Waals surface area contributed by atoms with E-state index in [1.165, 1.54) is 0 Å². The maximum absolute atomic E-state index is 13.8. The normalized spacial score (nSPS) is 11.2. The van der Waals surface area contributed by atoms with Gasteiger partial charge in [-0.05, 0) is 0 Å². The van der Waals surface area contributed by atoms with Gasteiger partial charge in [0.15, 0.2) is 0 Å². The molecule has 0 aliphatic carbocycles. The number of carbonyl (C=O) groups is 8. The molecule has 0 spiro atoms. The molecule has 0 aromatic carbocycles. The van der Waals surface area contributed by atoms with Gasteiger partial charge in [-0.15, -0.1) is 0 Å². The minimum atomic E-state index is -4.13. The Morgan fingerprint density at radius 3 is 1.25 bits per heavy atom. The molecule has 0 fully saturated rings. The zero-order valence-electron chi connectivity index (χ0n) is 31.4. The predicted octanol–water partition coefficient (Wildman–Crippen LogP) is 6.02. The fraction of sp³-hybridized carbons (Fsp3) is 0.784. The van der Waals surface area contributed by atoms with Crippen molar-refractivity contribution in [3.8, 4) is 0 Å². The van der Waals surface area contributed by atoms with Gasteiger partial charge >= 0.3 is 301 Å². The van der Waals surface area contributed by atoms with Gasteiger partial charge in [0, 0.05) is 0 Å². The maximum atomic E-state index is 13.8. The average molecular weight is 759 g/mol. The molecule has 52 heavy (non-hydrogen) atoms. The van der Waals surface area contributed by atoms with Crippen molar-refractivity contribution in [1.29, 1.82) is 0 Å². The molecule has 0 aliphatic rings. The van der Waals surface area contributed by atoms with Crippen LogP contribution in [0.3, 0.4) is 0 Å². The zero-order chi connectivity index (χ0) is 38.4. The van der Waals surface area contributed by atoms with E-state index in [0.717, 1.165) is 121 Å². The predicted molar refractivity (Wildman–Crippen MR) is 203 cm³/mol. The Kier molecular flexibility index (Phi) is 33.9. The summed E-state index contributed by atoms with van der Waals surface area (Å²) in [5.41, 5.74) is -0.595. The van der Waals surface area contributed by atoms with Crippen LogP contribution in [-0.2, 0) is 37.8 Å². The van der Waals surface area contributed by atoms with E-state index < -0.39 is 19.5 Å². The van der Waals surface area contributed by atoms with Gasteiger partial charge in [0.25, 0.3) is 0 Å². The molecule has 4 amide bonds. The van der Waals surface area contributed by atoms with Crippen molar-refractivity contribution in [1.82, 2.24) is 21.3 Å². The van der Waals surface area contributed by atoms with Crippen molar-refractivity contribution >= 4 is 56.4 Å². The number of rotatable bonds is 38. The molecule has 0 heterocycles. The van der Waals surface area contributed by atoms with Crippen molar-refractivity contribution in [2.24, 2.45) is 0 Å². The number of nitrogens with one attached hydrogen (secondary N) is 4. The van der Waals surface area contributed by atoms with Crippen LogP contribution in [0.5, 0.6) is 0 Å². The van der Waals surface area contributed by atoms with Crippen molar-refractivity contribution in [2.45, 2.75) is 148 Å². The second-order valence-corrected chi connectivity index (χ2v) is 15.9. The first-order valence-corrected chi connectivity index (χ1v) is 21.5. The SMILES string of the molecule is O=CCCCCCCCNC(=O)CCO[PH](CCC(=O)NCCCCCCC=O)(OC(=O)NCCCCCCC=O)C(=O)NCCCCCCC=O. The molecular formula is C37H67N4O10P. The van der Waals surface area contributed by atoms with E-state index in [0.29, 0.717) is 58.2 Å². The minimum absolute atomic E-state index is 0.0693. The Morgan fingerprint density at radius 2 is 0.808 bits per heavy atom. The number of aldehydes is 4. The van der Waals surface area contributed by atoms with E-state index in [1.807, 2.05) is 0 Å². The summed E-state index contributed by atoms with van der Waals surface area (Å²) in [6.07, 6.45) is 18.3. The van der Waals surface area contributed by atoms with Gasteiger partial charge in [0.05, 0.1) is 0 Å². The second-order valence-electron chi connectivity index (χ2n) is 13.0. The Morgan fingerprint density at radius 1 is 0.442 bits per heavy atom. The summed E-state index contributed by atoms with van der Waals surface area (Å²) in [6, 6.07) is 0. The number of hydrogen-bond acceptors (Lipinski definition) is 10. The summed E-state index contributed by atoms with van der Waals surface area (Å²) in [6.45, 7) is 1.30. The molecule has 0 atom stereocenters. The van der Waals surface area contributed by atoms with Crippen LogP contribution in [0.15, 0.2) is 0 Å². The molecule has 300 valence electrons. The number of carbonyl (C=O) groups excluding carboxylic acids is 8. The van der Waals surface area contributed by atoms with Crippen LogP contribution in [-0.4, -0.2) is 87.6 Å². The van der Waals surface area contributed by atoms with Crippen LogP contribution < -0.4 is 21.3 Å². The molecule has 0 bridgehead atoms. The Hall–Kier alpha value is -3.25. The topological polar surface area (TPSA) is 203 Å². The molecule has 0 aromatic heterocycles. The third kappa shape index (κ3) is 29.3. The first-order chi connectivity index (χ1) is 25.3. The molecule has 0 radical (unpaired) electrons. The molecular weight excluding hydrogens is 691 g/mol. The third-order valence-electron chi connectivity index (χ3n) is 8.39. The molecule has 0 aromatic rings. The molecule has 0 unspecified atom stereocenters. The van der Waals surface area contributed by atoms with E-state index in [4.69, 9.17) is 9.05 Å². The summed E-state index contributed by atoms with van der Waals surface area (Å²) >= 11 is 0. The summed E-state index contributed by atoms with van der Waals surface area (Å²) in [4.78, 5) is 94.4. The Labute approximate surface area is 311 Å². The van der Waals surface area contributed by atoms with Gasteiger partial charge < -0.3 is 4.79 Å². The van der Waals surface area contributed by atoms with E-state index in [-0.39, 0.29) is 44.0 Å². The molecule has 0 rings (SSSR count). The van der Waals surface area contributed by atoms with E-state index in [9.17, 15) is 38.4 Å². The van der Waals surface area contributed by atoms with Gasteiger partial charge in [-0.3, -0.25) is 0 Å². The number of unbranched alkanes of at least 4 members (excludes halogenated alkanes) is 17. The molecule has 4 N–H and O–H groups in total. The summed E-state index contributed by atoms with van der Waals surface area (Å²) in [5.74, 6) is -0.593. The standard InChI is InChI=1S/C37H67N4O10P/c42-28-18-10-2-1-6-14-24-38-34(46)22-32-50-52(37(49)41-27-17-9-5-13-21-31-45,51-36(48)40-26-16-8-4-12-20-30-44)33-23-35(47)39-25-15-7-3-11-19-29-43/h28-31,52H,1-27,32-33H2,(H,38,46)(H,39,47)(H,40,48)(H,41,49). The monoisotopic (exact) mass is 758 g/mol. The molecule has 0 saturated carbocycles. The van der Waals surface area contributed by atoms with E-state index >= 15 is 0 Å². The van der Waals surface area contributed by atoms with Crippen molar-refractivity contribution in [3.05, 3.63) is 0 Å². The van der Waals surface area contributed by atoms with Gasteiger partial charge in [0.1, 0.15) is 6.29 Å². The number of amides is 4.